The third-order valence-electron chi connectivity index (χ3n) is 2.16. The first-order valence-electron chi connectivity index (χ1n) is 4.66. The SMILES string of the molecule is NC(=O)c1ccc(-c2cccc(C=O)c2)s1. The van der Waals surface area contributed by atoms with Gasteiger partial charge < -0.3 is 5.73 Å². The average molecular weight is 231 g/mol. The van der Waals surface area contributed by atoms with Gasteiger partial charge in [-0.25, -0.2) is 0 Å². The van der Waals surface area contributed by atoms with E-state index in [2.05, 4.69) is 0 Å². The van der Waals surface area contributed by atoms with Crippen LogP contribution in [0.15, 0.2) is 36.4 Å². The summed E-state index contributed by atoms with van der Waals surface area (Å²) >= 11 is 1.32. The van der Waals surface area contributed by atoms with Gasteiger partial charge in [-0.05, 0) is 23.8 Å². The maximum absolute atomic E-state index is 10.9. The highest BCUT2D eigenvalue weighted by molar-refractivity contribution is 7.17. The summed E-state index contributed by atoms with van der Waals surface area (Å²) in [7, 11) is 0. The second-order valence-electron chi connectivity index (χ2n) is 3.27. The molecule has 1 heterocycles. The average Bonchev–Trinajstić information content (AvgIpc) is 2.78. The zero-order valence-electron chi connectivity index (χ0n) is 8.34. The summed E-state index contributed by atoms with van der Waals surface area (Å²) in [6.07, 6.45) is 0.798. The first kappa shape index (κ1) is 10.6. The second kappa shape index (κ2) is 4.28. The highest BCUT2D eigenvalue weighted by Crippen LogP contribution is 2.28. The van der Waals surface area contributed by atoms with Crippen molar-refractivity contribution >= 4 is 23.5 Å². The fourth-order valence-corrected chi connectivity index (χ4v) is 2.25. The molecule has 2 rings (SSSR count). The third kappa shape index (κ3) is 2.01. The summed E-state index contributed by atoms with van der Waals surface area (Å²) in [6.45, 7) is 0. The minimum Gasteiger partial charge on any atom is -0.365 e. The van der Waals surface area contributed by atoms with Gasteiger partial charge in [-0.3, -0.25) is 9.59 Å². The fourth-order valence-electron chi connectivity index (χ4n) is 1.39. The lowest BCUT2D eigenvalue weighted by Gasteiger charge is -1.97. The Morgan fingerprint density at radius 1 is 1.25 bits per heavy atom. The number of benzene rings is 1. The molecular formula is C12H9NO2S. The van der Waals surface area contributed by atoms with Gasteiger partial charge in [-0.1, -0.05) is 18.2 Å². The van der Waals surface area contributed by atoms with E-state index in [4.69, 9.17) is 5.73 Å². The van der Waals surface area contributed by atoms with Gasteiger partial charge in [-0.15, -0.1) is 11.3 Å². The van der Waals surface area contributed by atoms with Crippen LogP contribution in [0, 0.1) is 0 Å². The van der Waals surface area contributed by atoms with Crippen molar-refractivity contribution in [2.24, 2.45) is 5.73 Å². The van der Waals surface area contributed by atoms with E-state index in [0.717, 1.165) is 16.7 Å². The molecule has 0 fully saturated rings. The number of primary amides is 1. The van der Waals surface area contributed by atoms with Crippen molar-refractivity contribution in [1.82, 2.24) is 0 Å². The van der Waals surface area contributed by atoms with Crippen molar-refractivity contribution in [2.75, 3.05) is 0 Å². The van der Waals surface area contributed by atoms with E-state index in [1.807, 2.05) is 18.2 Å². The monoisotopic (exact) mass is 231 g/mol. The number of carbonyl (C=O) groups excluding carboxylic acids is 2. The van der Waals surface area contributed by atoms with Crippen molar-refractivity contribution < 1.29 is 9.59 Å². The van der Waals surface area contributed by atoms with Gasteiger partial charge in [0.05, 0.1) is 4.88 Å². The molecule has 4 heteroatoms. The lowest BCUT2D eigenvalue weighted by molar-refractivity contribution is 0.100. The summed E-state index contributed by atoms with van der Waals surface area (Å²) < 4.78 is 0. The van der Waals surface area contributed by atoms with Crippen molar-refractivity contribution in [3.63, 3.8) is 0 Å². The molecule has 2 aromatic rings. The Morgan fingerprint density at radius 3 is 2.69 bits per heavy atom. The van der Waals surface area contributed by atoms with Crippen LogP contribution in [-0.4, -0.2) is 12.2 Å². The molecule has 0 unspecified atom stereocenters. The van der Waals surface area contributed by atoms with Gasteiger partial charge in [0.2, 0.25) is 0 Å². The maximum atomic E-state index is 10.9. The fraction of sp³-hybridized carbons (Fsp3) is 0. The standard InChI is InChI=1S/C12H9NO2S/c13-12(15)11-5-4-10(16-11)9-3-1-2-8(6-9)7-14/h1-7H,(H2,13,15). The van der Waals surface area contributed by atoms with Gasteiger partial charge >= 0.3 is 0 Å². The predicted molar refractivity (Wildman–Crippen MR) is 63.7 cm³/mol. The van der Waals surface area contributed by atoms with Gasteiger partial charge in [0, 0.05) is 10.4 Å². The minimum atomic E-state index is -0.428. The minimum absolute atomic E-state index is 0.428. The zero-order valence-corrected chi connectivity index (χ0v) is 9.16. The van der Waals surface area contributed by atoms with E-state index in [9.17, 15) is 9.59 Å². The van der Waals surface area contributed by atoms with Crippen LogP contribution in [0.1, 0.15) is 20.0 Å². The number of thiophene rings is 1. The maximum Gasteiger partial charge on any atom is 0.258 e. The van der Waals surface area contributed by atoms with E-state index in [1.165, 1.54) is 11.3 Å². The van der Waals surface area contributed by atoms with Crippen LogP contribution in [0.5, 0.6) is 0 Å². The third-order valence-corrected chi connectivity index (χ3v) is 3.30. The Balaban J connectivity index is 2.42. The second-order valence-corrected chi connectivity index (χ2v) is 4.36. The largest absolute Gasteiger partial charge is 0.365 e. The first-order chi connectivity index (χ1) is 7.70. The van der Waals surface area contributed by atoms with Gasteiger partial charge in [-0.2, -0.15) is 0 Å². The van der Waals surface area contributed by atoms with Crippen molar-refractivity contribution in [3.8, 4) is 10.4 Å². The summed E-state index contributed by atoms with van der Waals surface area (Å²) in [5.74, 6) is -0.428. The lowest BCUT2D eigenvalue weighted by Crippen LogP contribution is -2.07. The zero-order chi connectivity index (χ0) is 11.5. The van der Waals surface area contributed by atoms with Crippen LogP contribution < -0.4 is 5.73 Å². The van der Waals surface area contributed by atoms with Crippen LogP contribution in [0.25, 0.3) is 10.4 Å². The molecule has 0 aliphatic heterocycles. The molecule has 0 spiro atoms. The van der Waals surface area contributed by atoms with Gasteiger partial charge in [0.1, 0.15) is 6.29 Å². The molecule has 16 heavy (non-hydrogen) atoms. The van der Waals surface area contributed by atoms with E-state index in [1.54, 1.807) is 18.2 Å². The molecule has 1 aromatic heterocycles. The summed E-state index contributed by atoms with van der Waals surface area (Å²) in [6, 6.07) is 10.7. The van der Waals surface area contributed by atoms with Crippen LogP contribution >= 0.6 is 11.3 Å². The predicted octanol–water partition coefficient (Wildman–Crippen LogP) is 2.33. The summed E-state index contributed by atoms with van der Waals surface area (Å²) in [4.78, 5) is 23.0. The molecule has 0 bridgehead atoms. The first-order valence-corrected chi connectivity index (χ1v) is 5.47. The topological polar surface area (TPSA) is 60.2 Å². The lowest BCUT2D eigenvalue weighted by atomic mass is 10.1. The Kier molecular flexibility index (Phi) is 2.83. The Morgan fingerprint density at radius 2 is 2.06 bits per heavy atom. The summed E-state index contributed by atoms with van der Waals surface area (Å²) in [5, 5.41) is 0. The van der Waals surface area contributed by atoms with Crippen molar-refractivity contribution in [1.29, 1.82) is 0 Å². The van der Waals surface area contributed by atoms with E-state index in [-0.39, 0.29) is 0 Å². The van der Waals surface area contributed by atoms with Gasteiger partial charge in [0.25, 0.3) is 5.91 Å². The molecule has 0 aliphatic carbocycles. The molecule has 80 valence electrons. The number of carbonyl (C=O) groups is 2. The molecule has 0 radical (unpaired) electrons. The van der Waals surface area contributed by atoms with E-state index < -0.39 is 5.91 Å². The van der Waals surface area contributed by atoms with Gasteiger partial charge in [0.15, 0.2) is 0 Å². The number of rotatable bonds is 3. The normalized spacial score (nSPS) is 10.0. The van der Waals surface area contributed by atoms with Crippen LogP contribution in [-0.2, 0) is 0 Å². The highest BCUT2D eigenvalue weighted by Gasteiger charge is 2.06. The molecule has 1 amide bonds. The van der Waals surface area contributed by atoms with Crippen molar-refractivity contribution in [3.05, 3.63) is 46.8 Å². The molecule has 2 N–H and O–H groups in total. The number of hydrogen-bond acceptors (Lipinski definition) is 3. The molecule has 0 aliphatic rings. The molecule has 3 nitrogen and oxygen atoms in total. The van der Waals surface area contributed by atoms with Crippen LogP contribution in [0.4, 0.5) is 0 Å². The van der Waals surface area contributed by atoms with E-state index in [0.29, 0.717) is 10.4 Å². The molecule has 0 atom stereocenters. The number of amides is 1. The Bertz CT molecular complexity index is 545. The number of aldehydes is 1. The molecule has 0 saturated heterocycles. The smallest absolute Gasteiger partial charge is 0.258 e. The van der Waals surface area contributed by atoms with Crippen LogP contribution in [0.3, 0.4) is 0 Å². The Labute approximate surface area is 96.5 Å². The molecule has 1 aromatic carbocycles. The quantitative estimate of drug-likeness (QED) is 0.824. The molecular weight excluding hydrogens is 222 g/mol. The van der Waals surface area contributed by atoms with Crippen LogP contribution in [0.2, 0.25) is 0 Å². The van der Waals surface area contributed by atoms with E-state index >= 15 is 0 Å². The summed E-state index contributed by atoms with van der Waals surface area (Å²) in [5.41, 5.74) is 6.71. The highest BCUT2D eigenvalue weighted by atomic mass is 32.1. The number of hydrogen-bond donors (Lipinski definition) is 1. The Hall–Kier alpha value is -1.94. The number of nitrogens with two attached hydrogens (primary N) is 1. The molecule has 0 saturated carbocycles. The van der Waals surface area contributed by atoms with Crippen molar-refractivity contribution in [2.45, 2.75) is 0 Å².